The van der Waals surface area contributed by atoms with Crippen molar-refractivity contribution in [1.29, 1.82) is 0 Å². The van der Waals surface area contributed by atoms with E-state index < -0.39 is 0 Å². The number of allylic oxidation sites excluding steroid dienone is 4. The standard InChI is InChI=1S/C25H27NO/c1-5-7-13-22(19(4)20-11-9-8-10-12-20)21-14-15-24-23(17-21)18(3)16-25(27)26(24)6-2/h7-17H,5-6H2,1-4H3/b13-7-,22-19-. The van der Waals surface area contributed by atoms with Crippen molar-refractivity contribution in [3.63, 3.8) is 0 Å². The molecule has 2 nitrogen and oxygen atoms in total. The molecule has 0 fully saturated rings. The quantitative estimate of drug-likeness (QED) is 0.392. The van der Waals surface area contributed by atoms with E-state index in [1.165, 1.54) is 22.3 Å². The zero-order valence-corrected chi connectivity index (χ0v) is 16.6. The van der Waals surface area contributed by atoms with E-state index in [-0.39, 0.29) is 5.56 Å². The third-order valence-electron chi connectivity index (χ3n) is 5.08. The molecule has 0 aliphatic heterocycles. The van der Waals surface area contributed by atoms with E-state index in [0.29, 0.717) is 6.54 Å². The van der Waals surface area contributed by atoms with Gasteiger partial charge in [-0.2, -0.15) is 0 Å². The van der Waals surface area contributed by atoms with Crippen molar-refractivity contribution in [1.82, 2.24) is 4.57 Å². The summed E-state index contributed by atoms with van der Waals surface area (Å²) in [6, 6.07) is 18.7. The molecule has 0 radical (unpaired) electrons. The number of hydrogen-bond acceptors (Lipinski definition) is 1. The molecule has 0 saturated carbocycles. The number of aromatic nitrogens is 1. The van der Waals surface area contributed by atoms with Crippen LogP contribution < -0.4 is 5.56 Å². The molecule has 2 aromatic carbocycles. The van der Waals surface area contributed by atoms with Crippen LogP contribution in [-0.2, 0) is 6.54 Å². The number of nitrogens with zero attached hydrogens (tertiary/aromatic N) is 1. The zero-order valence-electron chi connectivity index (χ0n) is 16.6. The van der Waals surface area contributed by atoms with Crippen molar-refractivity contribution >= 4 is 22.0 Å². The number of hydrogen-bond donors (Lipinski definition) is 0. The van der Waals surface area contributed by atoms with Crippen LogP contribution in [0.4, 0.5) is 0 Å². The van der Waals surface area contributed by atoms with Gasteiger partial charge < -0.3 is 4.57 Å². The number of aryl methyl sites for hydroxylation is 2. The molecule has 27 heavy (non-hydrogen) atoms. The smallest absolute Gasteiger partial charge is 0.251 e. The maximum Gasteiger partial charge on any atom is 0.251 e. The highest BCUT2D eigenvalue weighted by atomic mass is 16.1. The van der Waals surface area contributed by atoms with Crippen LogP contribution in [0.15, 0.2) is 71.5 Å². The lowest BCUT2D eigenvalue weighted by Crippen LogP contribution is -2.19. The Kier molecular flexibility index (Phi) is 5.75. The molecule has 0 bridgehead atoms. The Morgan fingerprint density at radius 1 is 1.00 bits per heavy atom. The Morgan fingerprint density at radius 2 is 1.74 bits per heavy atom. The molecule has 0 aliphatic rings. The van der Waals surface area contributed by atoms with E-state index in [0.717, 1.165) is 22.9 Å². The molecule has 0 unspecified atom stereocenters. The van der Waals surface area contributed by atoms with Gasteiger partial charge >= 0.3 is 0 Å². The highest BCUT2D eigenvalue weighted by molar-refractivity contribution is 5.97. The molecular formula is C25H27NO. The van der Waals surface area contributed by atoms with Gasteiger partial charge in [-0.15, -0.1) is 0 Å². The maximum absolute atomic E-state index is 12.3. The minimum absolute atomic E-state index is 0.0670. The Balaban J connectivity index is 2.26. The predicted molar refractivity (Wildman–Crippen MR) is 117 cm³/mol. The summed E-state index contributed by atoms with van der Waals surface area (Å²) in [5.74, 6) is 0. The molecule has 0 saturated heterocycles. The molecule has 3 aromatic rings. The molecule has 138 valence electrons. The van der Waals surface area contributed by atoms with Gasteiger partial charge in [0.25, 0.3) is 5.56 Å². The molecule has 2 heteroatoms. The summed E-state index contributed by atoms with van der Waals surface area (Å²) >= 11 is 0. The highest BCUT2D eigenvalue weighted by Gasteiger charge is 2.10. The number of benzene rings is 2. The van der Waals surface area contributed by atoms with Gasteiger partial charge in [0.05, 0.1) is 5.52 Å². The zero-order chi connectivity index (χ0) is 19.4. The fourth-order valence-corrected chi connectivity index (χ4v) is 3.56. The third kappa shape index (κ3) is 3.80. The molecule has 3 rings (SSSR count). The summed E-state index contributed by atoms with van der Waals surface area (Å²) in [5, 5.41) is 1.14. The summed E-state index contributed by atoms with van der Waals surface area (Å²) in [7, 11) is 0. The lowest BCUT2D eigenvalue weighted by molar-refractivity contribution is 0.758. The minimum atomic E-state index is 0.0670. The van der Waals surface area contributed by atoms with Crippen LogP contribution in [0.1, 0.15) is 43.9 Å². The summed E-state index contributed by atoms with van der Waals surface area (Å²) in [4.78, 5) is 12.3. The lowest BCUT2D eigenvalue weighted by Gasteiger charge is -2.14. The molecule has 0 spiro atoms. The van der Waals surface area contributed by atoms with Gasteiger partial charge in [0, 0.05) is 18.0 Å². The van der Waals surface area contributed by atoms with Crippen molar-refractivity contribution in [2.75, 3.05) is 0 Å². The first kappa shape index (κ1) is 18.9. The Morgan fingerprint density at radius 3 is 2.41 bits per heavy atom. The van der Waals surface area contributed by atoms with Crippen molar-refractivity contribution < 1.29 is 0 Å². The largest absolute Gasteiger partial charge is 0.309 e. The van der Waals surface area contributed by atoms with Crippen LogP contribution >= 0.6 is 0 Å². The van der Waals surface area contributed by atoms with Crippen molar-refractivity contribution in [3.05, 3.63) is 93.8 Å². The third-order valence-corrected chi connectivity index (χ3v) is 5.08. The Labute approximate surface area is 161 Å². The number of fused-ring (bicyclic) bond motifs is 1. The second-order valence-electron chi connectivity index (χ2n) is 6.86. The Hall–Kier alpha value is -2.87. The van der Waals surface area contributed by atoms with E-state index in [4.69, 9.17) is 0 Å². The molecule has 1 heterocycles. The van der Waals surface area contributed by atoms with Gasteiger partial charge in [0.1, 0.15) is 0 Å². The monoisotopic (exact) mass is 357 g/mol. The van der Waals surface area contributed by atoms with E-state index in [9.17, 15) is 4.79 Å². The summed E-state index contributed by atoms with van der Waals surface area (Å²) in [5.41, 5.74) is 6.97. The number of rotatable bonds is 5. The van der Waals surface area contributed by atoms with Gasteiger partial charge in [0.15, 0.2) is 0 Å². The number of pyridine rings is 1. The first-order valence-electron chi connectivity index (χ1n) is 9.64. The van der Waals surface area contributed by atoms with Crippen molar-refractivity contribution in [3.8, 4) is 0 Å². The van der Waals surface area contributed by atoms with E-state index >= 15 is 0 Å². The molecular weight excluding hydrogens is 330 g/mol. The summed E-state index contributed by atoms with van der Waals surface area (Å²) in [6.07, 6.45) is 5.41. The second-order valence-corrected chi connectivity index (χ2v) is 6.86. The maximum atomic E-state index is 12.3. The van der Waals surface area contributed by atoms with Crippen LogP contribution in [0.5, 0.6) is 0 Å². The molecule has 0 amide bonds. The molecule has 0 atom stereocenters. The van der Waals surface area contributed by atoms with E-state index in [2.05, 4.69) is 68.5 Å². The van der Waals surface area contributed by atoms with Gasteiger partial charge in [-0.1, -0.05) is 55.5 Å². The van der Waals surface area contributed by atoms with Crippen molar-refractivity contribution in [2.45, 2.75) is 40.7 Å². The predicted octanol–water partition coefficient (Wildman–Crippen LogP) is 6.23. The Bertz CT molecular complexity index is 1070. The highest BCUT2D eigenvalue weighted by Crippen LogP contribution is 2.30. The average molecular weight is 357 g/mol. The first-order chi connectivity index (χ1) is 13.1. The molecule has 1 aromatic heterocycles. The second kappa shape index (κ2) is 8.22. The van der Waals surface area contributed by atoms with E-state index in [1.807, 2.05) is 24.5 Å². The fourth-order valence-electron chi connectivity index (χ4n) is 3.56. The van der Waals surface area contributed by atoms with Crippen LogP contribution in [0.2, 0.25) is 0 Å². The topological polar surface area (TPSA) is 22.0 Å². The van der Waals surface area contributed by atoms with E-state index in [1.54, 1.807) is 6.07 Å². The fraction of sp³-hybridized carbons (Fsp3) is 0.240. The normalized spacial score (nSPS) is 12.6. The van der Waals surface area contributed by atoms with Crippen LogP contribution in [0.25, 0.3) is 22.0 Å². The van der Waals surface area contributed by atoms with Gasteiger partial charge in [-0.25, -0.2) is 0 Å². The first-order valence-corrected chi connectivity index (χ1v) is 9.64. The van der Waals surface area contributed by atoms with Crippen LogP contribution in [0, 0.1) is 6.92 Å². The SMILES string of the molecule is CC/C=C\C(=C(/C)c1ccccc1)c1ccc2c(c1)c(C)cc(=O)n2CC. The molecule has 0 aliphatic carbocycles. The summed E-state index contributed by atoms with van der Waals surface area (Å²) < 4.78 is 1.83. The molecule has 0 N–H and O–H groups in total. The van der Waals surface area contributed by atoms with Crippen molar-refractivity contribution in [2.24, 2.45) is 0 Å². The average Bonchev–Trinajstić information content (AvgIpc) is 2.69. The van der Waals surface area contributed by atoms with Crippen LogP contribution in [0.3, 0.4) is 0 Å². The van der Waals surface area contributed by atoms with Crippen LogP contribution in [-0.4, -0.2) is 4.57 Å². The lowest BCUT2D eigenvalue weighted by atomic mass is 9.93. The van der Waals surface area contributed by atoms with Gasteiger partial charge in [0.2, 0.25) is 0 Å². The minimum Gasteiger partial charge on any atom is -0.309 e. The van der Waals surface area contributed by atoms with Gasteiger partial charge in [-0.3, -0.25) is 4.79 Å². The van der Waals surface area contributed by atoms with Gasteiger partial charge in [-0.05, 0) is 67.2 Å². The summed E-state index contributed by atoms with van der Waals surface area (Å²) in [6.45, 7) is 9.03.